The quantitative estimate of drug-likeness (QED) is 0.385. The molecule has 2 aliphatic rings. The van der Waals surface area contributed by atoms with Crippen LogP contribution in [0.25, 0.3) is 0 Å². The molecule has 0 spiro atoms. The Morgan fingerprint density at radius 1 is 1.44 bits per heavy atom. The van der Waals surface area contributed by atoms with Crippen molar-refractivity contribution < 1.29 is 23.5 Å². The number of hydrogen-bond acceptors (Lipinski definition) is 9. The van der Waals surface area contributed by atoms with Gasteiger partial charge in [0, 0.05) is 53.4 Å². The number of aliphatic imine (C=N–C) groups is 1. The highest BCUT2D eigenvalue weighted by Crippen LogP contribution is 2.37. The summed E-state index contributed by atoms with van der Waals surface area (Å²) < 4.78 is 25.1. The summed E-state index contributed by atoms with van der Waals surface area (Å²) in [6, 6.07) is 3.20. The first-order chi connectivity index (χ1) is 17.4. The molecule has 1 aromatic carbocycles. The minimum Gasteiger partial charge on any atom is -0.463 e. The molecule has 3 heterocycles. The van der Waals surface area contributed by atoms with E-state index in [4.69, 9.17) is 26.1 Å². The van der Waals surface area contributed by atoms with Crippen molar-refractivity contribution in [3.8, 4) is 0 Å². The Labute approximate surface area is 218 Å². The van der Waals surface area contributed by atoms with E-state index in [-0.39, 0.29) is 23.8 Å². The maximum atomic E-state index is 13.9. The summed E-state index contributed by atoms with van der Waals surface area (Å²) in [6.07, 6.45) is 3.54. The Bertz CT molecular complexity index is 1160. The van der Waals surface area contributed by atoms with Crippen molar-refractivity contribution >= 4 is 41.0 Å². The van der Waals surface area contributed by atoms with E-state index in [1.54, 1.807) is 13.1 Å². The molecule has 0 radical (unpaired) electrons. The third-order valence-corrected chi connectivity index (χ3v) is 7.33. The molecule has 4 rings (SSSR count). The maximum absolute atomic E-state index is 13.9. The van der Waals surface area contributed by atoms with Gasteiger partial charge in [0.1, 0.15) is 18.1 Å². The predicted molar refractivity (Wildman–Crippen MR) is 136 cm³/mol. The summed E-state index contributed by atoms with van der Waals surface area (Å²) in [6.45, 7) is 5.42. The van der Waals surface area contributed by atoms with Crippen molar-refractivity contribution in [2.24, 2.45) is 4.99 Å². The van der Waals surface area contributed by atoms with Crippen LogP contribution in [0.1, 0.15) is 43.3 Å². The largest absolute Gasteiger partial charge is 0.463 e. The fraction of sp³-hybridized carbons (Fsp3) is 0.440. The number of ether oxygens (including phenoxy) is 2. The minimum atomic E-state index is -0.820. The second-order valence-corrected chi connectivity index (χ2v) is 9.78. The monoisotopic (exact) mass is 534 g/mol. The average Bonchev–Trinajstić information content (AvgIpc) is 3.39. The third-order valence-electron chi connectivity index (χ3n) is 6.22. The van der Waals surface area contributed by atoms with Crippen molar-refractivity contribution in [3.05, 3.63) is 62.5 Å². The second-order valence-electron chi connectivity index (χ2n) is 8.48. The number of morpholine rings is 1. The van der Waals surface area contributed by atoms with Crippen LogP contribution in [0.4, 0.5) is 4.39 Å². The first-order valence-corrected chi connectivity index (χ1v) is 13.1. The van der Waals surface area contributed by atoms with E-state index in [0.717, 1.165) is 6.29 Å². The van der Waals surface area contributed by atoms with Gasteiger partial charge in [-0.1, -0.05) is 17.7 Å². The summed E-state index contributed by atoms with van der Waals surface area (Å²) in [5.74, 6) is -0.522. The number of carbonyl (C=O) groups is 2. The molecule has 192 valence electrons. The number of hydrogen-bond donors (Lipinski definition) is 1. The molecular formula is C25H28ClFN4O4S. The zero-order chi connectivity index (χ0) is 25.7. The van der Waals surface area contributed by atoms with E-state index in [9.17, 15) is 14.0 Å². The number of aromatic nitrogens is 1. The van der Waals surface area contributed by atoms with E-state index in [1.807, 2.05) is 12.3 Å². The van der Waals surface area contributed by atoms with Crippen molar-refractivity contribution in [1.82, 2.24) is 15.2 Å². The van der Waals surface area contributed by atoms with Gasteiger partial charge in [0.15, 0.2) is 10.8 Å². The standard InChI is InChI=1S/C25H28ClFN4O4S/c1-3-34-25(33)21-19(14-31-9-11-35-15(2)20(31)5-4-10-32)29-23(24-28-8-12-36-24)30-22(21)17-7-6-16(27)13-18(17)26/h6-8,10,12-13,15,20,22H,3-5,9,11,14H2,1-2H3,(H,29,30)/t15-,20-,22-/m0/s1. The molecule has 0 amide bonds. The van der Waals surface area contributed by atoms with Crippen LogP contribution in [0.5, 0.6) is 0 Å². The number of amidine groups is 1. The fourth-order valence-electron chi connectivity index (χ4n) is 4.55. The van der Waals surface area contributed by atoms with Gasteiger partial charge in [-0.15, -0.1) is 11.3 Å². The van der Waals surface area contributed by atoms with Crippen molar-refractivity contribution in [2.45, 2.75) is 44.9 Å². The number of halogens is 2. The normalized spacial score (nSPS) is 22.7. The molecule has 8 nitrogen and oxygen atoms in total. The Hall–Kier alpha value is -2.66. The van der Waals surface area contributed by atoms with Gasteiger partial charge < -0.3 is 19.6 Å². The highest BCUT2D eigenvalue weighted by Gasteiger charge is 2.37. The van der Waals surface area contributed by atoms with E-state index in [0.29, 0.717) is 60.2 Å². The average molecular weight is 535 g/mol. The Morgan fingerprint density at radius 2 is 2.28 bits per heavy atom. The molecule has 1 N–H and O–H groups in total. The summed E-state index contributed by atoms with van der Waals surface area (Å²) in [4.78, 5) is 35.8. The Morgan fingerprint density at radius 3 is 2.97 bits per heavy atom. The molecule has 1 aromatic heterocycles. The van der Waals surface area contributed by atoms with Gasteiger partial charge in [0.2, 0.25) is 0 Å². The van der Waals surface area contributed by atoms with Crippen LogP contribution in [-0.2, 0) is 19.1 Å². The molecule has 0 aliphatic carbocycles. The van der Waals surface area contributed by atoms with Gasteiger partial charge in [-0.2, -0.15) is 0 Å². The number of aldehydes is 1. The van der Waals surface area contributed by atoms with Gasteiger partial charge >= 0.3 is 5.97 Å². The number of nitrogens with zero attached hydrogens (tertiary/aromatic N) is 3. The zero-order valence-electron chi connectivity index (χ0n) is 20.1. The number of thiazole rings is 1. The molecule has 1 saturated heterocycles. The van der Waals surface area contributed by atoms with Gasteiger partial charge in [-0.25, -0.2) is 14.2 Å². The lowest BCUT2D eigenvalue weighted by atomic mass is 9.94. The van der Waals surface area contributed by atoms with Crippen LogP contribution in [0.15, 0.2) is 46.0 Å². The van der Waals surface area contributed by atoms with Crippen molar-refractivity contribution in [3.63, 3.8) is 0 Å². The topological polar surface area (TPSA) is 93.1 Å². The lowest BCUT2D eigenvalue weighted by molar-refractivity contribution is -0.139. The fourth-order valence-corrected chi connectivity index (χ4v) is 5.41. The molecule has 1 fully saturated rings. The molecule has 11 heteroatoms. The lowest BCUT2D eigenvalue weighted by Gasteiger charge is -2.41. The number of carbonyl (C=O) groups excluding carboxylic acids is 2. The summed E-state index contributed by atoms with van der Waals surface area (Å²) in [5.41, 5.74) is 1.39. The summed E-state index contributed by atoms with van der Waals surface area (Å²) in [7, 11) is 0. The first-order valence-electron chi connectivity index (χ1n) is 11.8. The predicted octanol–water partition coefficient (Wildman–Crippen LogP) is 3.91. The molecule has 0 saturated carbocycles. The van der Waals surface area contributed by atoms with E-state index >= 15 is 0 Å². The van der Waals surface area contributed by atoms with Gasteiger partial charge in [0.25, 0.3) is 0 Å². The van der Waals surface area contributed by atoms with Crippen molar-refractivity contribution in [2.75, 3.05) is 26.3 Å². The molecule has 36 heavy (non-hydrogen) atoms. The first kappa shape index (κ1) is 26.4. The summed E-state index contributed by atoms with van der Waals surface area (Å²) in [5, 5.41) is 5.96. The third kappa shape index (κ3) is 5.83. The highest BCUT2D eigenvalue weighted by molar-refractivity contribution is 7.11. The molecule has 2 aliphatic heterocycles. The van der Waals surface area contributed by atoms with Crippen LogP contribution < -0.4 is 5.32 Å². The second kappa shape index (κ2) is 12.1. The smallest absolute Gasteiger partial charge is 0.338 e. The SMILES string of the molecule is CCOC(=O)C1=C(CN2CCO[C@@H](C)[C@@H]2CCC=O)NC(c2nccs2)=N[C@H]1c1ccc(F)cc1Cl. The molecular weight excluding hydrogens is 507 g/mol. The van der Waals surface area contributed by atoms with Crippen LogP contribution in [0.2, 0.25) is 5.02 Å². The highest BCUT2D eigenvalue weighted by atomic mass is 35.5. The van der Waals surface area contributed by atoms with Crippen LogP contribution in [0, 0.1) is 5.82 Å². The van der Waals surface area contributed by atoms with Crippen molar-refractivity contribution in [1.29, 1.82) is 0 Å². The van der Waals surface area contributed by atoms with Crippen LogP contribution in [-0.4, -0.2) is 66.4 Å². The lowest BCUT2D eigenvalue weighted by Crippen LogP contribution is -2.52. The minimum absolute atomic E-state index is 0.0169. The molecule has 0 unspecified atom stereocenters. The molecule has 0 bridgehead atoms. The van der Waals surface area contributed by atoms with E-state index < -0.39 is 17.8 Å². The Kier molecular flexibility index (Phi) is 8.84. The maximum Gasteiger partial charge on any atom is 0.338 e. The molecule has 2 aromatic rings. The van der Waals surface area contributed by atoms with E-state index in [2.05, 4.69) is 15.2 Å². The van der Waals surface area contributed by atoms with Gasteiger partial charge in [0.05, 0.1) is 24.9 Å². The Balaban J connectivity index is 1.80. The van der Waals surface area contributed by atoms with Gasteiger partial charge in [-0.05, 0) is 32.4 Å². The number of benzene rings is 1. The van der Waals surface area contributed by atoms with Crippen LogP contribution in [0.3, 0.4) is 0 Å². The van der Waals surface area contributed by atoms with Crippen LogP contribution >= 0.6 is 22.9 Å². The molecule has 3 atom stereocenters. The summed E-state index contributed by atoms with van der Waals surface area (Å²) >= 11 is 7.85. The number of esters is 1. The van der Waals surface area contributed by atoms with E-state index in [1.165, 1.54) is 29.5 Å². The number of rotatable bonds is 9. The van der Waals surface area contributed by atoms with Gasteiger partial charge in [-0.3, -0.25) is 9.89 Å². The number of nitrogens with one attached hydrogen (secondary N) is 1. The zero-order valence-corrected chi connectivity index (χ0v) is 21.7.